The third kappa shape index (κ3) is 3.11. The Morgan fingerprint density at radius 3 is 2.87 bits per heavy atom. The van der Waals surface area contributed by atoms with Crippen molar-refractivity contribution < 1.29 is 14.7 Å². The van der Waals surface area contributed by atoms with E-state index < -0.39 is 6.09 Å². The first kappa shape index (κ1) is 16.0. The fourth-order valence-electron chi connectivity index (χ4n) is 3.28. The van der Waals surface area contributed by atoms with Crippen LogP contribution in [0.5, 0.6) is 0 Å². The van der Waals surface area contributed by atoms with Crippen LogP contribution >= 0.6 is 11.6 Å². The van der Waals surface area contributed by atoms with Crippen LogP contribution in [0.15, 0.2) is 12.3 Å². The molecule has 1 fully saturated rings. The van der Waals surface area contributed by atoms with Crippen LogP contribution in [0.3, 0.4) is 0 Å². The van der Waals surface area contributed by atoms with Gasteiger partial charge in [0, 0.05) is 44.0 Å². The second-order valence-corrected chi connectivity index (χ2v) is 6.31. The van der Waals surface area contributed by atoms with Gasteiger partial charge in [-0.25, -0.2) is 9.78 Å². The second kappa shape index (κ2) is 6.33. The van der Waals surface area contributed by atoms with E-state index in [2.05, 4.69) is 4.98 Å². The Labute approximate surface area is 139 Å². The smallest absolute Gasteiger partial charge is 0.407 e. The molecule has 0 spiro atoms. The van der Waals surface area contributed by atoms with Gasteiger partial charge in [0.15, 0.2) is 0 Å². The Morgan fingerprint density at radius 1 is 1.39 bits per heavy atom. The van der Waals surface area contributed by atoms with Gasteiger partial charge >= 0.3 is 6.09 Å². The molecule has 7 nitrogen and oxygen atoms in total. The minimum Gasteiger partial charge on any atom is -0.465 e. The fraction of sp³-hybridized carbons (Fsp3) is 0.533. The number of fused-ring (bicyclic) bond motifs is 1. The van der Waals surface area contributed by atoms with Gasteiger partial charge in [-0.15, -0.1) is 0 Å². The molecule has 0 aliphatic carbocycles. The molecule has 3 rings (SSSR count). The number of rotatable bonds is 2. The first-order valence-electron chi connectivity index (χ1n) is 7.63. The highest BCUT2D eigenvalue weighted by Gasteiger charge is 2.31. The summed E-state index contributed by atoms with van der Waals surface area (Å²) in [5.41, 5.74) is 1.76. The summed E-state index contributed by atoms with van der Waals surface area (Å²) in [6.07, 6.45) is 1.43. The van der Waals surface area contributed by atoms with Crippen molar-refractivity contribution in [3.05, 3.63) is 23.0 Å². The van der Waals surface area contributed by atoms with Crippen LogP contribution in [0.25, 0.3) is 0 Å². The van der Waals surface area contributed by atoms with E-state index in [9.17, 15) is 9.59 Å². The molecule has 0 bridgehead atoms. The quantitative estimate of drug-likeness (QED) is 0.823. The summed E-state index contributed by atoms with van der Waals surface area (Å²) < 4.78 is 0. The van der Waals surface area contributed by atoms with E-state index >= 15 is 0 Å². The molecular weight excluding hydrogens is 320 g/mol. The maximum absolute atomic E-state index is 12.6. The first-order chi connectivity index (χ1) is 11.0. The van der Waals surface area contributed by atoms with Gasteiger partial charge in [0.1, 0.15) is 5.15 Å². The Kier molecular flexibility index (Phi) is 4.41. The normalized spacial score (nSPS) is 21.4. The van der Waals surface area contributed by atoms with Crippen molar-refractivity contribution >= 4 is 29.3 Å². The highest BCUT2D eigenvalue weighted by molar-refractivity contribution is 6.30. The summed E-state index contributed by atoms with van der Waals surface area (Å²) >= 11 is 6.08. The maximum Gasteiger partial charge on any atom is 0.407 e. The number of anilines is 1. The molecule has 1 aromatic rings. The molecule has 0 aromatic carbocycles. The number of hydrogen-bond acceptors (Lipinski definition) is 4. The Hall–Kier alpha value is -1.86. The largest absolute Gasteiger partial charge is 0.465 e. The lowest BCUT2D eigenvalue weighted by molar-refractivity contribution is -0.120. The summed E-state index contributed by atoms with van der Waals surface area (Å²) in [4.78, 5) is 32.9. The number of aromatic nitrogens is 1. The highest BCUT2D eigenvalue weighted by atomic mass is 35.5. The van der Waals surface area contributed by atoms with Crippen molar-refractivity contribution in [3.63, 3.8) is 0 Å². The zero-order valence-electron chi connectivity index (χ0n) is 12.9. The van der Waals surface area contributed by atoms with Crippen LogP contribution in [0.4, 0.5) is 10.5 Å². The zero-order chi connectivity index (χ0) is 16.6. The molecule has 0 unspecified atom stereocenters. The Bertz CT molecular complexity index is 639. The van der Waals surface area contributed by atoms with E-state index in [-0.39, 0.29) is 18.5 Å². The molecule has 2 aliphatic rings. The van der Waals surface area contributed by atoms with Gasteiger partial charge in [0.25, 0.3) is 0 Å². The SMILES string of the molecule is C[C@@H]1CN(CC(=O)N2CCc3c2ccnc3Cl)CCN1C(=O)O. The van der Waals surface area contributed by atoms with Gasteiger partial charge in [-0.05, 0) is 19.4 Å². The third-order valence-electron chi connectivity index (χ3n) is 4.47. The average molecular weight is 339 g/mol. The summed E-state index contributed by atoms with van der Waals surface area (Å²) in [6.45, 7) is 4.33. The van der Waals surface area contributed by atoms with Crippen molar-refractivity contribution in [3.8, 4) is 0 Å². The molecule has 124 valence electrons. The molecule has 23 heavy (non-hydrogen) atoms. The Balaban J connectivity index is 1.64. The number of carbonyl (C=O) groups excluding carboxylic acids is 1. The first-order valence-corrected chi connectivity index (χ1v) is 8.01. The predicted molar refractivity (Wildman–Crippen MR) is 85.9 cm³/mol. The molecule has 1 aromatic heterocycles. The van der Waals surface area contributed by atoms with Gasteiger partial charge in [-0.1, -0.05) is 11.6 Å². The van der Waals surface area contributed by atoms with Gasteiger partial charge in [0.2, 0.25) is 5.91 Å². The number of amides is 2. The third-order valence-corrected chi connectivity index (χ3v) is 4.80. The molecular formula is C15H19ClN4O3. The summed E-state index contributed by atoms with van der Waals surface area (Å²) in [5, 5.41) is 9.56. The molecule has 1 saturated heterocycles. The number of hydrogen-bond donors (Lipinski definition) is 1. The van der Waals surface area contributed by atoms with E-state index in [4.69, 9.17) is 16.7 Å². The molecule has 8 heteroatoms. The van der Waals surface area contributed by atoms with Crippen LogP contribution in [0.1, 0.15) is 12.5 Å². The van der Waals surface area contributed by atoms with Crippen LogP contribution in [-0.2, 0) is 11.2 Å². The minimum atomic E-state index is -0.904. The minimum absolute atomic E-state index is 0.0157. The van der Waals surface area contributed by atoms with Crippen LogP contribution in [-0.4, -0.2) is 70.7 Å². The van der Waals surface area contributed by atoms with Gasteiger partial charge in [-0.2, -0.15) is 0 Å². The number of nitrogens with zero attached hydrogens (tertiary/aromatic N) is 4. The standard InChI is InChI=1S/C15H19ClN4O3/c1-10-8-18(6-7-19(10)15(22)23)9-13(21)20-5-3-11-12(20)2-4-17-14(11)16/h2,4,10H,3,5-9H2,1H3,(H,22,23)/t10-/m1/s1. The Morgan fingerprint density at radius 2 is 2.17 bits per heavy atom. The predicted octanol–water partition coefficient (Wildman–Crippen LogP) is 1.31. The second-order valence-electron chi connectivity index (χ2n) is 5.95. The van der Waals surface area contributed by atoms with Crippen molar-refractivity contribution in [1.82, 2.24) is 14.8 Å². The number of pyridine rings is 1. The molecule has 0 saturated carbocycles. The fourth-order valence-corrected chi connectivity index (χ4v) is 3.53. The van der Waals surface area contributed by atoms with E-state index in [1.807, 2.05) is 17.9 Å². The maximum atomic E-state index is 12.6. The molecule has 0 radical (unpaired) electrons. The number of carbonyl (C=O) groups is 2. The highest BCUT2D eigenvalue weighted by Crippen LogP contribution is 2.31. The molecule has 1 atom stereocenters. The lowest BCUT2D eigenvalue weighted by Gasteiger charge is -2.38. The van der Waals surface area contributed by atoms with Crippen molar-refractivity contribution in [2.24, 2.45) is 0 Å². The van der Waals surface area contributed by atoms with Gasteiger partial charge in [-0.3, -0.25) is 9.69 Å². The average Bonchev–Trinajstić information content (AvgIpc) is 2.92. The van der Waals surface area contributed by atoms with Crippen molar-refractivity contribution in [2.45, 2.75) is 19.4 Å². The summed E-state index contributed by atoms with van der Waals surface area (Å²) in [7, 11) is 0. The molecule has 3 heterocycles. The number of carboxylic acid groups (broad SMARTS) is 1. The van der Waals surface area contributed by atoms with Crippen molar-refractivity contribution in [1.29, 1.82) is 0 Å². The zero-order valence-corrected chi connectivity index (χ0v) is 13.7. The number of piperazine rings is 1. The monoisotopic (exact) mass is 338 g/mol. The molecule has 2 aliphatic heterocycles. The van der Waals surface area contributed by atoms with E-state index in [0.717, 1.165) is 17.7 Å². The summed E-state index contributed by atoms with van der Waals surface area (Å²) in [5.74, 6) is 0.0157. The lowest BCUT2D eigenvalue weighted by atomic mass is 10.2. The van der Waals surface area contributed by atoms with Gasteiger partial charge in [0.05, 0.1) is 12.2 Å². The van der Waals surface area contributed by atoms with Crippen LogP contribution < -0.4 is 4.90 Å². The summed E-state index contributed by atoms with van der Waals surface area (Å²) in [6, 6.07) is 1.70. The molecule has 1 N–H and O–H groups in total. The van der Waals surface area contributed by atoms with Crippen LogP contribution in [0, 0.1) is 0 Å². The van der Waals surface area contributed by atoms with Gasteiger partial charge < -0.3 is 14.9 Å². The molecule has 2 amide bonds. The number of halogens is 1. The van der Waals surface area contributed by atoms with E-state index in [1.54, 1.807) is 11.1 Å². The van der Waals surface area contributed by atoms with E-state index in [0.29, 0.717) is 31.3 Å². The topological polar surface area (TPSA) is 77.0 Å². The van der Waals surface area contributed by atoms with Crippen molar-refractivity contribution in [2.75, 3.05) is 37.6 Å². The lowest BCUT2D eigenvalue weighted by Crippen LogP contribution is -2.55. The van der Waals surface area contributed by atoms with E-state index in [1.165, 1.54) is 4.90 Å². The van der Waals surface area contributed by atoms with Crippen LogP contribution in [0.2, 0.25) is 5.15 Å².